The van der Waals surface area contributed by atoms with Crippen LogP contribution in [0.25, 0.3) is 0 Å². The fourth-order valence-electron chi connectivity index (χ4n) is 3.51. The van der Waals surface area contributed by atoms with Gasteiger partial charge in [0, 0.05) is 6.42 Å². The number of benzene rings is 1. The lowest BCUT2D eigenvalue weighted by Crippen LogP contribution is -2.21. The molecular formula is C23H35O6P. The van der Waals surface area contributed by atoms with Crippen molar-refractivity contribution in [1.82, 2.24) is 0 Å². The Morgan fingerprint density at radius 2 is 1.60 bits per heavy atom. The molecule has 1 aromatic carbocycles. The van der Waals surface area contributed by atoms with Crippen LogP contribution in [0.1, 0.15) is 83.6 Å². The van der Waals surface area contributed by atoms with E-state index in [0.717, 1.165) is 25.0 Å². The second kappa shape index (κ2) is 11.7. The van der Waals surface area contributed by atoms with Crippen LogP contribution < -0.4 is 4.74 Å². The van der Waals surface area contributed by atoms with Crippen LogP contribution in [0.15, 0.2) is 36.0 Å². The molecular weight excluding hydrogens is 403 g/mol. The zero-order valence-corrected chi connectivity index (χ0v) is 19.2. The quantitative estimate of drug-likeness (QED) is 0.163. The average Bonchev–Trinajstić information content (AvgIpc) is 3.28. The second-order valence-corrected chi connectivity index (χ2v) is 9.45. The molecule has 0 aliphatic carbocycles. The summed E-state index contributed by atoms with van der Waals surface area (Å²) in [5.41, 5.74) is 1.33. The lowest BCUT2D eigenvalue weighted by Gasteiger charge is -2.21. The molecule has 2 heterocycles. The Labute approximate surface area is 180 Å². The fraction of sp³-hybridized carbons (Fsp3) is 0.652. The number of aryl methyl sites for hydroxylation is 1. The van der Waals surface area contributed by atoms with Gasteiger partial charge in [0.1, 0.15) is 12.4 Å². The van der Waals surface area contributed by atoms with Gasteiger partial charge in [0.05, 0.1) is 0 Å². The van der Waals surface area contributed by atoms with E-state index in [1.165, 1.54) is 50.5 Å². The van der Waals surface area contributed by atoms with Crippen LogP contribution in [-0.4, -0.2) is 12.9 Å². The van der Waals surface area contributed by atoms with Crippen molar-refractivity contribution in [2.24, 2.45) is 0 Å². The van der Waals surface area contributed by atoms with Gasteiger partial charge < -0.3 is 18.5 Å². The molecule has 0 spiro atoms. The number of unbranched alkanes of at least 4 members (excludes halogenated alkanes) is 7. The molecule has 0 N–H and O–H groups in total. The molecule has 2 unspecified atom stereocenters. The Balaban J connectivity index is 1.45. The summed E-state index contributed by atoms with van der Waals surface area (Å²) in [4.78, 5) is 0. The van der Waals surface area contributed by atoms with Crippen LogP contribution in [0.3, 0.4) is 0 Å². The minimum atomic E-state index is -3.48. The van der Waals surface area contributed by atoms with Crippen molar-refractivity contribution in [2.75, 3.05) is 6.61 Å². The van der Waals surface area contributed by atoms with Crippen molar-refractivity contribution < 1.29 is 27.6 Å². The van der Waals surface area contributed by atoms with E-state index in [-0.39, 0.29) is 12.6 Å². The summed E-state index contributed by atoms with van der Waals surface area (Å²) in [7, 11) is -3.48. The first kappa shape index (κ1) is 23.0. The van der Waals surface area contributed by atoms with E-state index in [0.29, 0.717) is 12.2 Å². The number of fused-ring (bicyclic) bond motifs is 2. The highest BCUT2D eigenvalue weighted by atomic mass is 31.2. The number of hydrogen-bond acceptors (Lipinski definition) is 6. The predicted molar refractivity (Wildman–Crippen MR) is 116 cm³/mol. The van der Waals surface area contributed by atoms with Gasteiger partial charge in [0.25, 0.3) is 0 Å². The highest BCUT2D eigenvalue weighted by molar-refractivity contribution is 7.49. The molecule has 2 bridgehead atoms. The van der Waals surface area contributed by atoms with E-state index in [1.807, 2.05) is 12.1 Å². The van der Waals surface area contributed by atoms with Gasteiger partial charge in [0.15, 0.2) is 0 Å². The summed E-state index contributed by atoms with van der Waals surface area (Å²) in [6.45, 7) is 4.48. The lowest BCUT2D eigenvalue weighted by atomic mass is 10.0. The molecule has 2 aliphatic heterocycles. The molecule has 0 radical (unpaired) electrons. The molecule has 1 saturated heterocycles. The molecule has 0 amide bonds. The first-order valence-corrected chi connectivity index (χ1v) is 12.9. The van der Waals surface area contributed by atoms with Gasteiger partial charge in [-0.3, -0.25) is 4.52 Å². The summed E-state index contributed by atoms with van der Waals surface area (Å²) in [5, 5.41) is 0. The maximum Gasteiger partial charge on any atom is 0.590 e. The molecule has 0 aromatic heterocycles. The van der Waals surface area contributed by atoms with Crippen LogP contribution in [0, 0.1) is 0 Å². The molecule has 1 aromatic rings. The Hall–Kier alpha value is -1.65. The maximum atomic E-state index is 12.0. The Morgan fingerprint density at radius 3 is 2.23 bits per heavy atom. The molecule has 6 nitrogen and oxygen atoms in total. The normalized spacial score (nSPS) is 20.7. The monoisotopic (exact) mass is 438 g/mol. The molecule has 3 rings (SSSR count). The summed E-state index contributed by atoms with van der Waals surface area (Å²) < 4.78 is 39.1. The number of ether oxygens (including phenoxy) is 2. The van der Waals surface area contributed by atoms with Gasteiger partial charge >= 0.3 is 13.8 Å². The van der Waals surface area contributed by atoms with Gasteiger partial charge in [-0.25, -0.2) is 4.57 Å². The van der Waals surface area contributed by atoms with E-state index in [4.69, 9.17) is 23.0 Å². The van der Waals surface area contributed by atoms with Crippen LogP contribution >= 0.6 is 7.82 Å². The molecule has 2 aliphatic rings. The number of hydrogen-bond donors (Lipinski definition) is 0. The molecule has 0 saturated carbocycles. The summed E-state index contributed by atoms with van der Waals surface area (Å²) in [6.07, 6.45) is 12.5. The van der Waals surface area contributed by atoms with E-state index >= 15 is 0 Å². The van der Waals surface area contributed by atoms with Gasteiger partial charge in [-0.2, -0.15) is 0 Å². The predicted octanol–water partition coefficient (Wildman–Crippen LogP) is 7.25. The summed E-state index contributed by atoms with van der Waals surface area (Å²) >= 11 is 0. The maximum absolute atomic E-state index is 12.0. The topological polar surface area (TPSA) is 63.2 Å². The van der Waals surface area contributed by atoms with Gasteiger partial charge in [-0.05, 0) is 37.0 Å². The van der Waals surface area contributed by atoms with Crippen molar-refractivity contribution in [3.63, 3.8) is 0 Å². The molecule has 1 fully saturated rings. The minimum Gasteiger partial charge on any atom is -0.455 e. The van der Waals surface area contributed by atoms with Crippen molar-refractivity contribution >= 4 is 7.82 Å². The summed E-state index contributed by atoms with van der Waals surface area (Å²) in [5.74, 6) is 1.21. The first-order chi connectivity index (χ1) is 14.6. The largest absolute Gasteiger partial charge is 0.590 e. The second-order valence-electron chi connectivity index (χ2n) is 7.94. The zero-order valence-electron chi connectivity index (χ0n) is 18.3. The third-order valence-corrected chi connectivity index (χ3v) is 6.57. The van der Waals surface area contributed by atoms with E-state index in [1.54, 1.807) is 0 Å². The van der Waals surface area contributed by atoms with Crippen LogP contribution in [0.2, 0.25) is 0 Å². The van der Waals surface area contributed by atoms with E-state index in [9.17, 15) is 4.57 Å². The smallest absolute Gasteiger partial charge is 0.455 e. The number of rotatable bonds is 15. The number of phosphoric ester groups is 1. The molecule has 2 atom stereocenters. The Bertz CT molecular complexity index is 730. The number of phosphoric acid groups is 1. The van der Waals surface area contributed by atoms with Gasteiger partial charge in [-0.15, -0.1) is 0 Å². The van der Waals surface area contributed by atoms with Crippen molar-refractivity contribution in [2.45, 2.75) is 90.8 Å². The Morgan fingerprint density at radius 1 is 0.900 bits per heavy atom. The standard InChI is InChI=1S/C23H35O6P/c1-3-5-7-8-9-10-11-12-19-14-16-20(17-15-19)26-22(13-6-4-2)27-23-21-18-25-30(24,28-21)29-23/h14-17,22H,3-13,18H2,1-2H3. The van der Waals surface area contributed by atoms with Crippen molar-refractivity contribution in [1.29, 1.82) is 0 Å². The summed E-state index contributed by atoms with van der Waals surface area (Å²) in [6, 6.07) is 8.21. The van der Waals surface area contributed by atoms with Crippen LogP contribution in [-0.2, 0) is 29.3 Å². The van der Waals surface area contributed by atoms with Crippen LogP contribution in [0.5, 0.6) is 5.75 Å². The first-order valence-electron chi connectivity index (χ1n) is 11.4. The SMILES string of the molecule is CCCCCCCCCc1ccc(OC(CCCC)OC2=C3COP(=O)(O3)O2)cc1. The highest BCUT2D eigenvalue weighted by Crippen LogP contribution is 2.63. The van der Waals surface area contributed by atoms with Crippen LogP contribution in [0.4, 0.5) is 0 Å². The van der Waals surface area contributed by atoms with Crippen molar-refractivity contribution in [3.05, 3.63) is 41.5 Å². The average molecular weight is 439 g/mol. The third-order valence-electron chi connectivity index (χ3n) is 5.29. The fourth-order valence-corrected chi connectivity index (χ4v) is 4.67. The van der Waals surface area contributed by atoms with Crippen molar-refractivity contribution in [3.8, 4) is 5.75 Å². The third kappa shape index (κ3) is 6.95. The highest BCUT2D eigenvalue weighted by Gasteiger charge is 2.49. The Kier molecular flexibility index (Phi) is 8.95. The molecule has 7 heteroatoms. The van der Waals surface area contributed by atoms with E-state index < -0.39 is 14.1 Å². The van der Waals surface area contributed by atoms with Gasteiger partial charge in [0.2, 0.25) is 12.0 Å². The molecule has 30 heavy (non-hydrogen) atoms. The minimum absolute atomic E-state index is 0.112. The lowest BCUT2D eigenvalue weighted by molar-refractivity contribution is -0.0859. The van der Waals surface area contributed by atoms with E-state index in [2.05, 4.69) is 26.0 Å². The zero-order chi connectivity index (χ0) is 21.2. The molecule has 168 valence electrons. The van der Waals surface area contributed by atoms with Gasteiger partial charge in [-0.1, -0.05) is 70.9 Å².